The zero-order chi connectivity index (χ0) is 32.4. The van der Waals surface area contributed by atoms with Crippen LogP contribution in [0.25, 0.3) is 0 Å². The summed E-state index contributed by atoms with van der Waals surface area (Å²) in [4.78, 5) is 26.5. The van der Waals surface area contributed by atoms with E-state index in [2.05, 4.69) is 19.9 Å². The fourth-order valence-corrected chi connectivity index (χ4v) is 10.0. The van der Waals surface area contributed by atoms with Gasteiger partial charge in [-0.3, -0.25) is 4.79 Å². The first-order chi connectivity index (χ1) is 21.4. The van der Waals surface area contributed by atoms with Crippen molar-refractivity contribution in [3.63, 3.8) is 0 Å². The van der Waals surface area contributed by atoms with Crippen LogP contribution >= 0.6 is 0 Å². The first kappa shape index (κ1) is 33.0. The molecule has 0 aromatic heterocycles. The van der Waals surface area contributed by atoms with Crippen molar-refractivity contribution >= 4 is 11.8 Å². The minimum atomic E-state index is -1.60. The number of hydrogen-bond acceptors (Lipinski definition) is 11. The third-order valence-corrected chi connectivity index (χ3v) is 12.8. The Labute approximate surface area is 263 Å². The standard InChI is InChI=1S/C34H48O11/c1-16-11-24(44-31(42)20(16)15-43-32-30(41)29(40)28(39)25(14-36)45-32)19(13-35)22-10-9-21-18-8-7-17-5-4-6-26(37)33(17,2)23(18)12-27(38)34(21,22)3/h4,6-7,18-19,21-25,27-30,32,35-36,38-41H,5,8-15H2,1-3H3/t18-,19-,21-,22+,23-,24+,25-,27-,28-,29+,30-,32-,33-,34-/m0/s1. The number of fused-ring (bicyclic) bond motifs is 5. The van der Waals surface area contributed by atoms with Crippen LogP contribution in [0.2, 0.25) is 0 Å². The number of esters is 1. The second kappa shape index (κ2) is 12.2. The monoisotopic (exact) mass is 632 g/mol. The molecule has 6 rings (SSSR count). The minimum Gasteiger partial charge on any atom is -0.458 e. The molecule has 11 heteroatoms. The summed E-state index contributed by atoms with van der Waals surface area (Å²) in [5.74, 6) is -0.527. The van der Waals surface area contributed by atoms with E-state index in [9.17, 15) is 40.2 Å². The summed E-state index contributed by atoms with van der Waals surface area (Å²) in [5.41, 5.74) is 0.992. The quantitative estimate of drug-likeness (QED) is 0.174. The van der Waals surface area contributed by atoms with Gasteiger partial charge in [-0.2, -0.15) is 0 Å². The summed E-state index contributed by atoms with van der Waals surface area (Å²) in [6.07, 6.45) is 1.56. The number of aliphatic hydroxyl groups is 6. The highest BCUT2D eigenvalue weighted by Gasteiger charge is 2.64. The Kier molecular flexibility index (Phi) is 8.97. The number of allylic oxidation sites excluding steroid dienone is 4. The zero-order valence-electron chi connectivity index (χ0n) is 26.2. The van der Waals surface area contributed by atoms with Gasteiger partial charge in [0.25, 0.3) is 0 Å². The van der Waals surface area contributed by atoms with Crippen LogP contribution < -0.4 is 0 Å². The average Bonchev–Trinajstić information content (AvgIpc) is 3.36. The largest absolute Gasteiger partial charge is 0.458 e. The third-order valence-electron chi connectivity index (χ3n) is 12.8. The van der Waals surface area contributed by atoms with E-state index < -0.39 is 72.2 Å². The van der Waals surface area contributed by atoms with Gasteiger partial charge in [0.1, 0.15) is 30.5 Å². The lowest BCUT2D eigenvalue weighted by molar-refractivity contribution is -0.299. The van der Waals surface area contributed by atoms with Crippen molar-refractivity contribution in [3.05, 3.63) is 34.9 Å². The Bertz CT molecular complexity index is 1270. The summed E-state index contributed by atoms with van der Waals surface area (Å²) in [6, 6.07) is 0. The topological polar surface area (TPSA) is 183 Å². The molecule has 4 aliphatic carbocycles. The van der Waals surface area contributed by atoms with Crippen LogP contribution in [0.15, 0.2) is 34.9 Å². The highest BCUT2D eigenvalue weighted by molar-refractivity contribution is 5.98. The van der Waals surface area contributed by atoms with Gasteiger partial charge in [0.2, 0.25) is 0 Å². The average molecular weight is 633 g/mol. The van der Waals surface area contributed by atoms with E-state index in [4.69, 9.17) is 14.2 Å². The molecule has 11 nitrogen and oxygen atoms in total. The van der Waals surface area contributed by atoms with Crippen LogP contribution in [0.5, 0.6) is 0 Å². The number of carbonyl (C=O) groups excluding carboxylic acids is 2. The molecule has 0 radical (unpaired) electrons. The molecule has 2 aliphatic heterocycles. The lowest BCUT2D eigenvalue weighted by Gasteiger charge is -2.58. The van der Waals surface area contributed by atoms with Crippen molar-refractivity contribution in [2.45, 2.75) is 102 Å². The summed E-state index contributed by atoms with van der Waals surface area (Å²) in [7, 11) is 0. The van der Waals surface area contributed by atoms with Gasteiger partial charge in [-0.05, 0) is 81.1 Å². The molecular weight excluding hydrogens is 584 g/mol. The number of aliphatic hydroxyl groups excluding tert-OH is 6. The lowest BCUT2D eigenvalue weighted by atomic mass is 9.46. The van der Waals surface area contributed by atoms with Gasteiger partial charge >= 0.3 is 5.97 Å². The molecule has 6 N–H and O–H groups in total. The first-order valence-corrected chi connectivity index (χ1v) is 16.4. The Morgan fingerprint density at radius 2 is 1.80 bits per heavy atom. The first-order valence-electron chi connectivity index (χ1n) is 16.4. The van der Waals surface area contributed by atoms with Gasteiger partial charge in [-0.1, -0.05) is 30.2 Å². The molecule has 2 heterocycles. The number of carbonyl (C=O) groups is 2. The second-order valence-electron chi connectivity index (χ2n) is 14.6. The highest BCUT2D eigenvalue weighted by atomic mass is 16.7. The second-order valence-corrected chi connectivity index (χ2v) is 14.6. The predicted molar refractivity (Wildman–Crippen MR) is 159 cm³/mol. The maximum Gasteiger partial charge on any atom is 0.336 e. The van der Waals surface area contributed by atoms with E-state index in [0.717, 1.165) is 31.3 Å². The molecule has 0 spiro atoms. The maximum absolute atomic E-state index is 13.3. The van der Waals surface area contributed by atoms with Gasteiger partial charge in [-0.25, -0.2) is 4.79 Å². The van der Waals surface area contributed by atoms with Gasteiger partial charge in [-0.15, -0.1) is 0 Å². The Hall–Kier alpha value is -1.96. The van der Waals surface area contributed by atoms with Gasteiger partial charge in [0.15, 0.2) is 12.1 Å². The number of cyclic esters (lactones) is 1. The molecule has 0 amide bonds. The molecule has 0 aromatic carbocycles. The zero-order valence-corrected chi connectivity index (χ0v) is 26.2. The third kappa shape index (κ3) is 5.09. The molecule has 14 atom stereocenters. The Morgan fingerprint density at radius 1 is 1.04 bits per heavy atom. The fraction of sp³-hybridized carbons (Fsp3) is 0.765. The fourth-order valence-electron chi connectivity index (χ4n) is 10.0. The summed E-state index contributed by atoms with van der Waals surface area (Å²) >= 11 is 0. The molecule has 0 aromatic rings. The van der Waals surface area contributed by atoms with Gasteiger partial charge < -0.3 is 44.8 Å². The molecule has 0 bridgehead atoms. The number of hydrogen-bond donors (Lipinski definition) is 6. The van der Waals surface area contributed by atoms with E-state index in [1.165, 1.54) is 0 Å². The van der Waals surface area contributed by atoms with Crippen molar-refractivity contribution in [3.8, 4) is 0 Å². The van der Waals surface area contributed by atoms with Crippen LogP contribution in [0, 0.1) is 40.4 Å². The van der Waals surface area contributed by atoms with Crippen molar-refractivity contribution in [1.29, 1.82) is 0 Å². The van der Waals surface area contributed by atoms with E-state index in [0.29, 0.717) is 18.4 Å². The smallest absolute Gasteiger partial charge is 0.336 e. The highest BCUT2D eigenvalue weighted by Crippen LogP contribution is 2.66. The van der Waals surface area contributed by atoms with E-state index >= 15 is 0 Å². The molecular formula is C34H48O11. The number of rotatable bonds is 7. The maximum atomic E-state index is 13.3. The molecule has 0 unspecified atom stereocenters. The van der Waals surface area contributed by atoms with Crippen molar-refractivity contribution in [2.24, 2.45) is 40.4 Å². The molecule has 1 saturated heterocycles. The molecule has 45 heavy (non-hydrogen) atoms. The van der Waals surface area contributed by atoms with Gasteiger partial charge in [0.05, 0.1) is 30.3 Å². The van der Waals surface area contributed by atoms with Crippen LogP contribution in [0.1, 0.15) is 59.3 Å². The Balaban J connectivity index is 1.17. The van der Waals surface area contributed by atoms with Crippen LogP contribution in [0.3, 0.4) is 0 Å². The predicted octanol–water partition coefficient (Wildman–Crippen LogP) is 0.938. The van der Waals surface area contributed by atoms with E-state index in [1.807, 2.05) is 6.08 Å². The normalized spacial score (nSPS) is 47.0. The summed E-state index contributed by atoms with van der Waals surface area (Å²) < 4.78 is 17.0. The van der Waals surface area contributed by atoms with Crippen molar-refractivity contribution in [2.75, 3.05) is 19.8 Å². The van der Waals surface area contributed by atoms with Crippen LogP contribution in [0.4, 0.5) is 0 Å². The van der Waals surface area contributed by atoms with E-state index in [-0.39, 0.29) is 48.2 Å². The number of ketones is 1. The molecule has 250 valence electrons. The minimum absolute atomic E-state index is 0.0540. The molecule has 2 saturated carbocycles. The lowest BCUT2D eigenvalue weighted by Crippen LogP contribution is -2.59. The van der Waals surface area contributed by atoms with Crippen molar-refractivity contribution < 1.29 is 54.4 Å². The molecule has 3 fully saturated rings. The summed E-state index contributed by atoms with van der Waals surface area (Å²) in [5, 5.41) is 62.4. The van der Waals surface area contributed by atoms with Crippen LogP contribution in [-0.4, -0.2) is 105 Å². The SMILES string of the molecule is CC1=C(CO[C@H]2O[C@@H](CO)[C@H](O)[C@@H](O)[C@@H]2O)C(=O)O[C@@H]([C@@H](CO)[C@H]2CC[C@H]3[C@@H]4CC=C5CC=CC(=O)[C@]5(C)[C@H]4C[C@H](O)[C@]23C)C1. The van der Waals surface area contributed by atoms with E-state index in [1.54, 1.807) is 13.0 Å². The number of ether oxygens (including phenoxy) is 3. The van der Waals surface area contributed by atoms with Crippen LogP contribution in [-0.2, 0) is 23.8 Å². The molecule has 6 aliphatic rings. The van der Waals surface area contributed by atoms with Gasteiger partial charge in [0, 0.05) is 18.9 Å². The van der Waals surface area contributed by atoms with Crippen molar-refractivity contribution in [1.82, 2.24) is 0 Å². The summed E-state index contributed by atoms with van der Waals surface area (Å²) in [6.45, 7) is 4.88. The Morgan fingerprint density at radius 3 is 2.49 bits per heavy atom.